The molecule has 0 aliphatic rings. The van der Waals surface area contributed by atoms with Gasteiger partial charge in [-0.25, -0.2) is 0 Å². The van der Waals surface area contributed by atoms with Gasteiger partial charge in [-0.05, 0) is 24.3 Å². The highest BCUT2D eigenvalue weighted by molar-refractivity contribution is 5.95. The lowest BCUT2D eigenvalue weighted by molar-refractivity contribution is -0.114. The molecule has 1 rings (SSSR count). The van der Waals surface area contributed by atoms with Gasteiger partial charge in [0, 0.05) is 31.8 Å². The predicted octanol–water partition coefficient (Wildman–Crippen LogP) is 0.709. The van der Waals surface area contributed by atoms with E-state index in [0.29, 0.717) is 17.8 Å². The van der Waals surface area contributed by atoms with Crippen molar-refractivity contribution in [2.75, 3.05) is 25.5 Å². The van der Waals surface area contributed by atoms with Crippen molar-refractivity contribution in [2.24, 2.45) is 0 Å². The minimum atomic E-state index is -0.159. The van der Waals surface area contributed by atoms with Crippen molar-refractivity contribution in [3.63, 3.8) is 0 Å². The number of aliphatic hydroxyl groups excluding tert-OH is 1. The van der Waals surface area contributed by atoms with Crippen LogP contribution in [0.1, 0.15) is 17.3 Å². The molecule has 0 radical (unpaired) electrons. The average molecular weight is 236 g/mol. The first-order valence-electron chi connectivity index (χ1n) is 5.28. The number of nitrogens with zero attached hydrogens (tertiary/aromatic N) is 1. The lowest BCUT2D eigenvalue weighted by Crippen LogP contribution is -2.29. The van der Waals surface area contributed by atoms with Gasteiger partial charge in [-0.2, -0.15) is 0 Å². The third-order valence-electron chi connectivity index (χ3n) is 2.23. The molecule has 1 aromatic carbocycles. The number of hydrogen-bond acceptors (Lipinski definition) is 3. The largest absolute Gasteiger partial charge is 0.395 e. The first-order chi connectivity index (χ1) is 8.04. The first kappa shape index (κ1) is 13.2. The molecule has 0 fully saturated rings. The highest BCUT2D eigenvalue weighted by atomic mass is 16.3. The second-order valence-electron chi connectivity index (χ2n) is 3.71. The van der Waals surface area contributed by atoms with Gasteiger partial charge in [0.2, 0.25) is 5.91 Å². The van der Waals surface area contributed by atoms with Gasteiger partial charge >= 0.3 is 0 Å². The molecule has 0 bridgehead atoms. The van der Waals surface area contributed by atoms with Gasteiger partial charge in [0.1, 0.15) is 0 Å². The van der Waals surface area contributed by atoms with E-state index in [1.807, 2.05) is 0 Å². The fraction of sp³-hybridized carbons (Fsp3) is 0.333. The van der Waals surface area contributed by atoms with Crippen LogP contribution in [-0.4, -0.2) is 42.0 Å². The Balaban J connectivity index is 2.73. The first-order valence-corrected chi connectivity index (χ1v) is 5.28. The van der Waals surface area contributed by atoms with E-state index in [1.165, 1.54) is 11.8 Å². The van der Waals surface area contributed by atoms with Gasteiger partial charge in [-0.3, -0.25) is 9.59 Å². The number of hydrogen-bond donors (Lipinski definition) is 2. The van der Waals surface area contributed by atoms with Crippen molar-refractivity contribution in [1.82, 2.24) is 4.90 Å². The third-order valence-corrected chi connectivity index (χ3v) is 2.23. The Bertz CT molecular complexity index is 401. The maximum atomic E-state index is 11.8. The number of aliphatic hydroxyl groups is 1. The van der Waals surface area contributed by atoms with E-state index in [-0.39, 0.29) is 18.4 Å². The standard InChI is InChI=1S/C12H16N2O3/c1-9(16)13-11-5-3-10(4-6-11)12(17)14(2)7-8-15/h3-6,15H,7-8H2,1-2H3,(H,13,16). The summed E-state index contributed by atoms with van der Waals surface area (Å²) in [6.07, 6.45) is 0. The fourth-order valence-corrected chi connectivity index (χ4v) is 1.37. The van der Waals surface area contributed by atoms with Crippen LogP contribution in [0, 0.1) is 0 Å². The van der Waals surface area contributed by atoms with E-state index >= 15 is 0 Å². The van der Waals surface area contributed by atoms with Crippen molar-refractivity contribution < 1.29 is 14.7 Å². The van der Waals surface area contributed by atoms with E-state index < -0.39 is 0 Å². The molecule has 2 N–H and O–H groups in total. The van der Waals surface area contributed by atoms with Crippen LogP contribution < -0.4 is 5.32 Å². The van der Waals surface area contributed by atoms with Crippen LogP contribution in [0.5, 0.6) is 0 Å². The molecule has 0 aliphatic heterocycles. The molecule has 1 aromatic rings. The minimum Gasteiger partial charge on any atom is -0.395 e. The highest BCUT2D eigenvalue weighted by Gasteiger charge is 2.10. The van der Waals surface area contributed by atoms with E-state index in [4.69, 9.17) is 5.11 Å². The number of carbonyl (C=O) groups is 2. The SMILES string of the molecule is CC(=O)Nc1ccc(C(=O)N(C)CCO)cc1. The maximum Gasteiger partial charge on any atom is 0.253 e. The van der Waals surface area contributed by atoms with E-state index in [1.54, 1.807) is 31.3 Å². The number of likely N-dealkylation sites (N-methyl/N-ethyl adjacent to an activating group) is 1. The molecule has 0 aromatic heterocycles. The summed E-state index contributed by atoms with van der Waals surface area (Å²) in [4.78, 5) is 24.0. The zero-order valence-electron chi connectivity index (χ0n) is 9.93. The summed E-state index contributed by atoms with van der Waals surface area (Å²) >= 11 is 0. The number of amides is 2. The second kappa shape index (κ2) is 6.00. The number of rotatable bonds is 4. The zero-order chi connectivity index (χ0) is 12.8. The number of carbonyl (C=O) groups excluding carboxylic acids is 2. The molecule has 0 heterocycles. The molecule has 5 heteroatoms. The predicted molar refractivity (Wildman–Crippen MR) is 64.8 cm³/mol. The van der Waals surface area contributed by atoms with Gasteiger partial charge < -0.3 is 15.3 Å². The molecular weight excluding hydrogens is 220 g/mol. The second-order valence-corrected chi connectivity index (χ2v) is 3.71. The van der Waals surface area contributed by atoms with Crippen LogP contribution in [0.25, 0.3) is 0 Å². The molecule has 92 valence electrons. The maximum absolute atomic E-state index is 11.8. The summed E-state index contributed by atoms with van der Waals surface area (Å²) in [6.45, 7) is 1.66. The summed E-state index contributed by atoms with van der Waals surface area (Å²) in [5, 5.41) is 11.4. The lowest BCUT2D eigenvalue weighted by atomic mass is 10.2. The summed E-state index contributed by atoms with van der Waals surface area (Å²) in [5.41, 5.74) is 1.17. The Hall–Kier alpha value is -1.88. The summed E-state index contributed by atoms with van der Waals surface area (Å²) < 4.78 is 0. The molecular formula is C12H16N2O3. The van der Waals surface area contributed by atoms with Crippen LogP contribution in [-0.2, 0) is 4.79 Å². The quantitative estimate of drug-likeness (QED) is 0.809. The van der Waals surface area contributed by atoms with Crippen LogP contribution in [0.15, 0.2) is 24.3 Å². The molecule has 0 atom stereocenters. The third kappa shape index (κ3) is 3.88. The van der Waals surface area contributed by atoms with Crippen molar-refractivity contribution in [3.8, 4) is 0 Å². The Kier molecular flexibility index (Phi) is 4.66. The summed E-state index contributed by atoms with van der Waals surface area (Å²) in [5.74, 6) is -0.310. The number of nitrogens with one attached hydrogen (secondary N) is 1. The Labute approximate surface area is 100 Å². The van der Waals surface area contributed by atoms with E-state index in [2.05, 4.69) is 5.32 Å². The van der Waals surface area contributed by atoms with Crippen LogP contribution >= 0.6 is 0 Å². The van der Waals surface area contributed by atoms with Crippen molar-refractivity contribution in [1.29, 1.82) is 0 Å². The Morgan fingerprint density at radius 2 is 1.88 bits per heavy atom. The Morgan fingerprint density at radius 3 is 2.35 bits per heavy atom. The highest BCUT2D eigenvalue weighted by Crippen LogP contribution is 2.10. The number of anilines is 1. The van der Waals surface area contributed by atoms with Crippen LogP contribution in [0.2, 0.25) is 0 Å². The van der Waals surface area contributed by atoms with Crippen molar-refractivity contribution in [2.45, 2.75) is 6.92 Å². The molecule has 0 saturated carbocycles. The summed E-state index contributed by atoms with van der Waals surface area (Å²) in [7, 11) is 1.63. The average Bonchev–Trinajstić information content (AvgIpc) is 2.28. The van der Waals surface area contributed by atoms with Gasteiger partial charge in [0.05, 0.1) is 6.61 Å². The van der Waals surface area contributed by atoms with Crippen molar-refractivity contribution >= 4 is 17.5 Å². The Morgan fingerprint density at radius 1 is 1.29 bits per heavy atom. The molecule has 0 saturated heterocycles. The fourth-order valence-electron chi connectivity index (χ4n) is 1.37. The van der Waals surface area contributed by atoms with Gasteiger partial charge in [-0.1, -0.05) is 0 Å². The number of benzene rings is 1. The van der Waals surface area contributed by atoms with Crippen LogP contribution in [0.3, 0.4) is 0 Å². The monoisotopic (exact) mass is 236 g/mol. The topological polar surface area (TPSA) is 69.6 Å². The lowest BCUT2D eigenvalue weighted by Gasteiger charge is -2.15. The molecule has 17 heavy (non-hydrogen) atoms. The molecule has 0 unspecified atom stereocenters. The van der Waals surface area contributed by atoms with Gasteiger partial charge in [0.15, 0.2) is 0 Å². The molecule has 5 nitrogen and oxygen atoms in total. The van der Waals surface area contributed by atoms with Gasteiger partial charge in [-0.15, -0.1) is 0 Å². The summed E-state index contributed by atoms with van der Waals surface area (Å²) in [6, 6.07) is 6.62. The zero-order valence-corrected chi connectivity index (χ0v) is 9.93. The van der Waals surface area contributed by atoms with Crippen LogP contribution in [0.4, 0.5) is 5.69 Å². The van der Waals surface area contributed by atoms with E-state index in [0.717, 1.165) is 0 Å². The molecule has 0 aliphatic carbocycles. The molecule has 0 spiro atoms. The normalized spacial score (nSPS) is 9.82. The van der Waals surface area contributed by atoms with E-state index in [9.17, 15) is 9.59 Å². The smallest absolute Gasteiger partial charge is 0.253 e. The van der Waals surface area contributed by atoms with Crippen molar-refractivity contribution in [3.05, 3.63) is 29.8 Å². The van der Waals surface area contributed by atoms with Gasteiger partial charge in [0.25, 0.3) is 5.91 Å². The molecule has 2 amide bonds. The minimum absolute atomic E-state index is 0.0633.